The maximum atomic E-state index is 13.1. The number of carboxylic acids is 1. The van der Waals surface area contributed by atoms with Crippen LogP contribution in [-0.2, 0) is 33.3 Å². The standard InChI is InChI=1S/C32H58O13/c1-5-7-9-11-13-15-21(17-23(33)34)43-24(35)18-22(16-14-12-10-8-6-2)44-32-29(40)30(26(37)20(4)42-32)45-31-28(39)27(38)25(36)19(3)41-31/h19-22,25-32,36-40H,5-18H2,1-4H3,(H,33,34)/t19-,20-,21+,22+,25-,26-,27+,28+,29+,30+,31-,32-/m0/s1. The fourth-order valence-corrected chi connectivity index (χ4v) is 5.73. The fourth-order valence-electron chi connectivity index (χ4n) is 5.73. The van der Waals surface area contributed by atoms with E-state index in [9.17, 15) is 40.2 Å². The molecule has 13 heteroatoms. The minimum atomic E-state index is -1.65. The van der Waals surface area contributed by atoms with Crippen LogP contribution in [0.3, 0.4) is 0 Å². The number of hydrogen-bond acceptors (Lipinski definition) is 12. The monoisotopic (exact) mass is 650 g/mol. The van der Waals surface area contributed by atoms with Gasteiger partial charge in [-0.05, 0) is 33.1 Å². The first-order valence-electron chi connectivity index (χ1n) is 16.8. The second-order valence-corrected chi connectivity index (χ2v) is 12.6. The van der Waals surface area contributed by atoms with E-state index in [2.05, 4.69) is 13.8 Å². The van der Waals surface area contributed by atoms with Crippen molar-refractivity contribution in [2.75, 3.05) is 0 Å². The van der Waals surface area contributed by atoms with Gasteiger partial charge in [-0.25, -0.2) is 0 Å². The van der Waals surface area contributed by atoms with Crippen LogP contribution in [-0.4, -0.2) is 116 Å². The molecule has 6 N–H and O–H groups in total. The van der Waals surface area contributed by atoms with E-state index in [1.807, 2.05) is 0 Å². The van der Waals surface area contributed by atoms with Crippen molar-refractivity contribution in [3.8, 4) is 0 Å². The highest BCUT2D eigenvalue weighted by Crippen LogP contribution is 2.31. The summed E-state index contributed by atoms with van der Waals surface area (Å²) in [5.41, 5.74) is 0. The number of ether oxygens (including phenoxy) is 5. The van der Waals surface area contributed by atoms with Crippen LogP contribution in [0.25, 0.3) is 0 Å². The van der Waals surface area contributed by atoms with E-state index in [0.717, 1.165) is 64.2 Å². The Balaban J connectivity index is 2.10. The van der Waals surface area contributed by atoms with Crippen LogP contribution < -0.4 is 0 Å². The lowest BCUT2D eigenvalue weighted by Gasteiger charge is -2.46. The number of carbonyl (C=O) groups excluding carboxylic acids is 1. The van der Waals surface area contributed by atoms with Gasteiger partial charge in [0.05, 0.1) is 31.2 Å². The van der Waals surface area contributed by atoms with Gasteiger partial charge in [0.15, 0.2) is 12.6 Å². The molecule has 0 aromatic carbocycles. The number of rotatable bonds is 21. The predicted octanol–water partition coefficient (Wildman–Crippen LogP) is 2.55. The van der Waals surface area contributed by atoms with Crippen LogP contribution in [0.5, 0.6) is 0 Å². The number of aliphatic carboxylic acids is 1. The summed E-state index contributed by atoms with van der Waals surface area (Å²) >= 11 is 0. The van der Waals surface area contributed by atoms with Crippen molar-refractivity contribution in [2.45, 2.75) is 191 Å². The second kappa shape index (κ2) is 20.7. The summed E-state index contributed by atoms with van der Waals surface area (Å²) in [5.74, 6) is -1.66. The average molecular weight is 651 g/mol. The second-order valence-electron chi connectivity index (χ2n) is 12.6. The minimum Gasteiger partial charge on any atom is -0.481 e. The molecule has 0 amide bonds. The molecule has 2 aliphatic heterocycles. The Morgan fingerprint density at radius 3 is 1.76 bits per heavy atom. The van der Waals surface area contributed by atoms with Crippen molar-refractivity contribution in [3.05, 3.63) is 0 Å². The van der Waals surface area contributed by atoms with Crippen molar-refractivity contribution < 1.29 is 63.9 Å². The van der Waals surface area contributed by atoms with Gasteiger partial charge in [-0.15, -0.1) is 0 Å². The van der Waals surface area contributed by atoms with E-state index in [0.29, 0.717) is 12.8 Å². The molecule has 264 valence electrons. The third-order valence-corrected chi connectivity index (χ3v) is 8.56. The minimum absolute atomic E-state index is 0.194. The maximum Gasteiger partial charge on any atom is 0.308 e. The molecule has 0 saturated carbocycles. The summed E-state index contributed by atoms with van der Waals surface area (Å²) in [7, 11) is 0. The predicted molar refractivity (Wildman–Crippen MR) is 162 cm³/mol. The van der Waals surface area contributed by atoms with Crippen LogP contribution in [0.15, 0.2) is 0 Å². The van der Waals surface area contributed by atoms with Crippen molar-refractivity contribution in [1.29, 1.82) is 0 Å². The van der Waals surface area contributed by atoms with Gasteiger partial charge in [-0.3, -0.25) is 9.59 Å². The van der Waals surface area contributed by atoms with Crippen LogP contribution in [0, 0.1) is 0 Å². The number of esters is 1. The first-order valence-corrected chi connectivity index (χ1v) is 16.8. The van der Waals surface area contributed by atoms with Crippen molar-refractivity contribution in [1.82, 2.24) is 0 Å². The Morgan fingerprint density at radius 1 is 0.644 bits per heavy atom. The summed E-state index contributed by atoms with van der Waals surface area (Å²) in [4.78, 5) is 24.5. The molecule has 2 fully saturated rings. The molecule has 2 saturated heterocycles. The Labute approximate surface area is 267 Å². The first kappa shape index (κ1) is 39.8. The largest absolute Gasteiger partial charge is 0.481 e. The smallest absolute Gasteiger partial charge is 0.308 e. The highest BCUT2D eigenvalue weighted by atomic mass is 16.7. The van der Waals surface area contributed by atoms with Gasteiger partial charge in [0, 0.05) is 0 Å². The fraction of sp³-hybridized carbons (Fsp3) is 0.938. The van der Waals surface area contributed by atoms with Gasteiger partial charge < -0.3 is 54.3 Å². The molecular weight excluding hydrogens is 592 g/mol. The van der Waals surface area contributed by atoms with E-state index >= 15 is 0 Å². The highest BCUT2D eigenvalue weighted by molar-refractivity contribution is 5.72. The normalized spacial score (nSPS) is 33.4. The molecule has 0 aromatic heterocycles. The lowest BCUT2D eigenvalue weighted by atomic mass is 9.97. The number of carbonyl (C=O) groups is 2. The van der Waals surface area contributed by atoms with Crippen LogP contribution in [0.4, 0.5) is 0 Å². The molecule has 2 heterocycles. The summed E-state index contributed by atoms with van der Waals surface area (Å²) in [6.07, 6.45) is -4.87. The number of aliphatic hydroxyl groups is 5. The molecule has 2 rings (SSSR count). The first-order chi connectivity index (χ1) is 21.4. The Bertz CT molecular complexity index is 844. The molecule has 0 unspecified atom stereocenters. The number of hydrogen-bond donors (Lipinski definition) is 6. The topological polar surface area (TPSA) is 202 Å². The van der Waals surface area contributed by atoms with Gasteiger partial charge in [0.25, 0.3) is 0 Å². The van der Waals surface area contributed by atoms with Crippen molar-refractivity contribution in [2.24, 2.45) is 0 Å². The molecule has 45 heavy (non-hydrogen) atoms. The molecule has 13 nitrogen and oxygen atoms in total. The van der Waals surface area contributed by atoms with Crippen LogP contribution >= 0.6 is 0 Å². The molecule has 0 aromatic rings. The highest BCUT2D eigenvalue weighted by Gasteiger charge is 2.50. The lowest BCUT2D eigenvalue weighted by molar-refractivity contribution is -0.358. The molecule has 2 aliphatic rings. The average Bonchev–Trinajstić information content (AvgIpc) is 2.98. The van der Waals surface area contributed by atoms with E-state index in [1.165, 1.54) is 6.92 Å². The number of carboxylic acid groups (broad SMARTS) is 1. The van der Waals surface area contributed by atoms with Crippen LogP contribution in [0.1, 0.15) is 118 Å². The number of unbranched alkanes of at least 4 members (excludes halogenated alkanes) is 8. The maximum absolute atomic E-state index is 13.1. The Morgan fingerprint density at radius 2 is 1.18 bits per heavy atom. The summed E-state index contributed by atoms with van der Waals surface area (Å²) < 4.78 is 28.7. The zero-order valence-electron chi connectivity index (χ0n) is 27.4. The van der Waals surface area contributed by atoms with E-state index < -0.39 is 85.6 Å². The number of aliphatic hydroxyl groups excluding tert-OH is 5. The summed E-state index contributed by atoms with van der Waals surface area (Å²) in [6.45, 7) is 7.25. The van der Waals surface area contributed by atoms with Gasteiger partial charge in [-0.2, -0.15) is 0 Å². The summed E-state index contributed by atoms with van der Waals surface area (Å²) in [5, 5.41) is 61.9. The molecule has 0 aliphatic carbocycles. The molecular formula is C32H58O13. The van der Waals surface area contributed by atoms with Gasteiger partial charge in [-0.1, -0.05) is 71.6 Å². The quantitative estimate of drug-likeness (QED) is 0.0782. The van der Waals surface area contributed by atoms with Crippen molar-refractivity contribution >= 4 is 11.9 Å². The third kappa shape index (κ3) is 13.3. The zero-order valence-corrected chi connectivity index (χ0v) is 27.4. The van der Waals surface area contributed by atoms with E-state index in [1.54, 1.807) is 6.92 Å². The molecule has 0 spiro atoms. The van der Waals surface area contributed by atoms with Crippen LogP contribution in [0.2, 0.25) is 0 Å². The van der Waals surface area contributed by atoms with Gasteiger partial charge in [0.2, 0.25) is 0 Å². The molecule has 12 atom stereocenters. The Hall–Kier alpha value is -1.42. The zero-order chi connectivity index (χ0) is 33.5. The SMILES string of the molecule is CCCCCCC[C@H](CC(=O)O)OC(=O)C[C@@H](CCCCCCC)O[C@@H]1O[C@@H](C)[C@H](O)[C@@H](O[C@@H]2O[C@@H](C)[C@H](O)[C@@H](O)[C@H]2O)[C@H]1O. The van der Waals surface area contributed by atoms with E-state index in [4.69, 9.17) is 23.7 Å². The van der Waals surface area contributed by atoms with E-state index in [-0.39, 0.29) is 12.8 Å². The van der Waals surface area contributed by atoms with Gasteiger partial charge in [0.1, 0.15) is 42.7 Å². The molecule has 0 bridgehead atoms. The lowest BCUT2D eigenvalue weighted by Crippen LogP contribution is -2.63. The third-order valence-electron chi connectivity index (χ3n) is 8.56. The molecule has 0 radical (unpaired) electrons. The van der Waals surface area contributed by atoms with Crippen molar-refractivity contribution in [3.63, 3.8) is 0 Å². The summed E-state index contributed by atoms with van der Waals surface area (Å²) in [6, 6.07) is 0. The van der Waals surface area contributed by atoms with Gasteiger partial charge >= 0.3 is 11.9 Å². The Kier molecular flexibility index (Phi) is 18.3.